The van der Waals surface area contributed by atoms with Crippen LogP contribution >= 0.6 is 0 Å². The number of benzene rings is 1. The lowest BCUT2D eigenvalue weighted by atomic mass is 10.1. The molecule has 3 rings (SSSR count). The average molecular weight is 372 g/mol. The number of halogens is 3. The second-order valence-electron chi connectivity index (χ2n) is 6.46. The van der Waals surface area contributed by atoms with E-state index in [2.05, 4.69) is 5.32 Å². The molecule has 2 heterocycles. The van der Waals surface area contributed by atoms with E-state index in [1.165, 1.54) is 0 Å². The summed E-state index contributed by atoms with van der Waals surface area (Å²) in [5, 5.41) is 2.70. The first-order chi connectivity index (χ1) is 12.3. The fourth-order valence-corrected chi connectivity index (χ4v) is 3.26. The summed E-state index contributed by atoms with van der Waals surface area (Å²) in [4.78, 5) is 24.4. The van der Waals surface area contributed by atoms with Crippen LogP contribution in [0, 0.1) is 0 Å². The molecule has 1 aromatic carbocycles. The smallest absolute Gasteiger partial charge is 0.454 e. The quantitative estimate of drug-likeness (QED) is 0.878. The van der Waals surface area contributed by atoms with Gasteiger partial charge in [0.2, 0.25) is 12.7 Å². The molecule has 26 heavy (non-hydrogen) atoms. The molecule has 2 aliphatic heterocycles. The molecule has 0 saturated carbocycles. The number of alkyl halides is 3. The monoisotopic (exact) mass is 372 g/mol. The maximum absolute atomic E-state index is 12.7. The fourth-order valence-electron chi connectivity index (χ4n) is 3.26. The summed E-state index contributed by atoms with van der Waals surface area (Å²) < 4.78 is 48.5. The van der Waals surface area contributed by atoms with Crippen LogP contribution in [0.5, 0.6) is 11.5 Å². The van der Waals surface area contributed by atoms with Gasteiger partial charge in [-0.25, -0.2) is 0 Å². The number of nitrogens with zero attached hydrogens (tertiary/aromatic N) is 1. The summed E-state index contributed by atoms with van der Waals surface area (Å²) >= 11 is 0. The first-order valence-corrected chi connectivity index (χ1v) is 8.32. The van der Waals surface area contributed by atoms with Gasteiger partial charge in [0.05, 0.1) is 0 Å². The summed E-state index contributed by atoms with van der Waals surface area (Å²) in [5.41, 5.74) is 0.900. The SMILES string of the molecule is C[C@H](Cc1ccc2c(c1)OCO2)NC(=O)[C@@H]1CCCN1C(=O)C(F)(F)F. The van der Waals surface area contributed by atoms with E-state index >= 15 is 0 Å². The van der Waals surface area contributed by atoms with E-state index < -0.39 is 24.0 Å². The Kier molecular flexibility index (Phi) is 4.97. The molecule has 142 valence electrons. The molecule has 2 amide bonds. The topological polar surface area (TPSA) is 67.9 Å². The van der Waals surface area contributed by atoms with Gasteiger partial charge in [-0.2, -0.15) is 13.2 Å². The molecule has 0 unspecified atom stereocenters. The van der Waals surface area contributed by atoms with E-state index in [1.807, 2.05) is 6.07 Å². The number of ether oxygens (including phenoxy) is 2. The zero-order valence-corrected chi connectivity index (χ0v) is 14.1. The van der Waals surface area contributed by atoms with Crippen LogP contribution < -0.4 is 14.8 Å². The van der Waals surface area contributed by atoms with E-state index in [0.29, 0.717) is 29.2 Å². The molecule has 1 fully saturated rings. The van der Waals surface area contributed by atoms with Crippen LogP contribution in [-0.4, -0.2) is 48.3 Å². The van der Waals surface area contributed by atoms with Gasteiger partial charge in [0.1, 0.15) is 6.04 Å². The Morgan fingerprint density at radius 2 is 2.04 bits per heavy atom. The number of carbonyl (C=O) groups excluding carboxylic acids is 2. The number of nitrogens with one attached hydrogen (secondary N) is 1. The molecule has 9 heteroatoms. The Bertz CT molecular complexity index is 708. The van der Waals surface area contributed by atoms with Crippen LogP contribution in [-0.2, 0) is 16.0 Å². The van der Waals surface area contributed by atoms with Crippen molar-refractivity contribution in [3.8, 4) is 11.5 Å². The molecule has 0 radical (unpaired) electrons. The molecule has 2 atom stereocenters. The minimum atomic E-state index is -4.97. The van der Waals surface area contributed by atoms with E-state index in [-0.39, 0.29) is 25.8 Å². The third kappa shape index (κ3) is 3.86. The van der Waals surface area contributed by atoms with Gasteiger partial charge in [-0.05, 0) is 43.9 Å². The van der Waals surface area contributed by atoms with Crippen molar-refractivity contribution < 1.29 is 32.2 Å². The number of likely N-dealkylation sites (tertiary alicyclic amines) is 1. The van der Waals surface area contributed by atoms with Crippen LogP contribution in [0.4, 0.5) is 13.2 Å². The lowest BCUT2D eigenvalue weighted by molar-refractivity contribution is -0.186. The number of amides is 2. The van der Waals surface area contributed by atoms with Crippen LogP contribution in [0.15, 0.2) is 18.2 Å². The van der Waals surface area contributed by atoms with Gasteiger partial charge in [-0.1, -0.05) is 6.07 Å². The van der Waals surface area contributed by atoms with Gasteiger partial charge in [0.15, 0.2) is 11.5 Å². The standard InChI is InChI=1S/C17H19F3N2O4/c1-10(7-11-4-5-13-14(8-11)26-9-25-13)21-15(23)12-3-2-6-22(12)16(24)17(18,19)20/h4-5,8,10,12H,2-3,6-7,9H2,1H3,(H,21,23)/t10-,12+/m1/s1. The Morgan fingerprint density at radius 3 is 2.77 bits per heavy atom. The molecule has 6 nitrogen and oxygen atoms in total. The lowest BCUT2D eigenvalue weighted by Gasteiger charge is -2.26. The van der Waals surface area contributed by atoms with Crippen molar-refractivity contribution in [2.45, 2.75) is 44.4 Å². The van der Waals surface area contributed by atoms with Gasteiger partial charge in [-0.3, -0.25) is 9.59 Å². The highest BCUT2D eigenvalue weighted by atomic mass is 19.4. The van der Waals surface area contributed by atoms with Gasteiger partial charge >= 0.3 is 12.1 Å². The van der Waals surface area contributed by atoms with Crippen LogP contribution in [0.1, 0.15) is 25.3 Å². The van der Waals surface area contributed by atoms with Gasteiger partial charge in [0.25, 0.3) is 0 Å². The van der Waals surface area contributed by atoms with Crippen molar-refractivity contribution in [3.05, 3.63) is 23.8 Å². The van der Waals surface area contributed by atoms with Gasteiger partial charge in [-0.15, -0.1) is 0 Å². The van der Waals surface area contributed by atoms with Crippen molar-refractivity contribution in [1.82, 2.24) is 10.2 Å². The van der Waals surface area contributed by atoms with Crippen molar-refractivity contribution >= 4 is 11.8 Å². The van der Waals surface area contributed by atoms with Gasteiger partial charge < -0.3 is 19.7 Å². The minimum Gasteiger partial charge on any atom is -0.454 e. The molecular formula is C17H19F3N2O4. The molecule has 1 saturated heterocycles. The molecule has 0 bridgehead atoms. The predicted molar refractivity (Wildman–Crippen MR) is 84.7 cm³/mol. The van der Waals surface area contributed by atoms with Crippen LogP contribution in [0.25, 0.3) is 0 Å². The minimum absolute atomic E-state index is 0.0625. The molecular weight excluding hydrogens is 353 g/mol. The van der Waals surface area contributed by atoms with Crippen molar-refractivity contribution in [2.24, 2.45) is 0 Å². The molecule has 0 spiro atoms. The number of hydrogen-bond donors (Lipinski definition) is 1. The zero-order chi connectivity index (χ0) is 18.9. The Labute approximate surface area is 148 Å². The Hall–Kier alpha value is -2.45. The first-order valence-electron chi connectivity index (χ1n) is 8.32. The number of fused-ring (bicyclic) bond motifs is 1. The molecule has 0 aliphatic carbocycles. The summed E-state index contributed by atoms with van der Waals surface area (Å²) in [5.74, 6) is -1.25. The van der Waals surface area contributed by atoms with E-state index in [0.717, 1.165) is 5.56 Å². The number of rotatable bonds is 4. The average Bonchev–Trinajstić information content (AvgIpc) is 3.21. The first kappa shape index (κ1) is 18.3. The third-order valence-electron chi connectivity index (χ3n) is 4.43. The van der Waals surface area contributed by atoms with Gasteiger partial charge in [0, 0.05) is 12.6 Å². The van der Waals surface area contributed by atoms with E-state index in [9.17, 15) is 22.8 Å². The molecule has 1 aromatic rings. The molecule has 1 N–H and O–H groups in total. The second kappa shape index (κ2) is 7.05. The van der Waals surface area contributed by atoms with Crippen LogP contribution in [0.2, 0.25) is 0 Å². The maximum atomic E-state index is 12.7. The largest absolute Gasteiger partial charge is 0.471 e. The highest BCUT2D eigenvalue weighted by molar-refractivity contribution is 5.90. The van der Waals surface area contributed by atoms with Crippen molar-refractivity contribution in [3.63, 3.8) is 0 Å². The number of hydrogen-bond acceptors (Lipinski definition) is 4. The lowest BCUT2D eigenvalue weighted by Crippen LogP contribution is -2.51. The van der Waals surface area contributed by atoms with E-state index in [1.54, 1.807) is 19.1 Å². The summed E-state index contributed by atoms with van der Waals surface area (Å²) in [6, 6.07) is 4.02. The maximum Gasteiger partial charge on any atom is 0.471 e. The second-order valence-corrected chi connectivity index (χ2v) is 6.46. The van der Waals surface area contributed by atoms with Crippen molar-refractivity contribution in [1.29, 1.82) is 0 Å². The van der Waals surface area contributed by atoms with Crippen molar-refractivity contribution in [2.75, 3.05) is 13.3 Å². The number of carbonyl (C=O) groups is 2. The summed E-state index contributed by atoms with van der Waals surface area (Å²) in [7, 11) is 0. The Balaban J connectivity index is 1.59. The predicted octanol–water partition coefficient (Wildman–Crippen LogP) is 2.02. The highest BCUT2D eigenvalue weighted by Gasteiger charge is 2.47. The Morgan fingerprint density at radius 1 is 1.31 bits per heavy atom. The van der Waals surface area contributed by atoms with Crippen LogP contribution in [0.3, 0.4) is 0 Å². The summed E-state index contributed by atoms with van der Waals surface area (Å²) in [6.07, 6.45) is -3.90. The molecule has 2 aliphatic rings. The fraction of sp³-hybridized carbons (Fsp3) is 0.529. The highest BCUT2D eigenvalue weighted by Crippen LogP contribution is 2.32. The zero-order valence-electron chi connectivity index (χ0n) is 14.1. The molecule has 0 aromatic heterocycles. The summed E-state index contributed by atoms with van der Waals surface area (Å²) in [6.45, 7) is 1.86. The van der Waals surface area contributed by atoms with E-state index in [4.69, 9.17) is 9.47 Å². The normalized spacial score (nSPS) is 20.2. The third-order valence-corrected chi connectivity index (χ3v) is 4.43.